The third kappa shape index (κ3) is 3.32. The fourth-order valence-corrected chi connectivity index (χ4v) is 3.14. The molecule has 1 aromatic carbocycles. The van der Waals surface area contributed by atoms with Crippen LogP contribution in [0.3, 0.4) is 0 Å². The molecule has 0 aliphatic rings. The van der Waals surface area contributed by atoms with Gasteiger partial charge in [-0.3, -0.25) is 4.79 Å². The molecule has 2 aromatic heterocycles. The summed E-state index contributed by atoms with van der Waals surface area (Å²) in [6.07, 6.45) is 1.57. The maximum atomic E-state index is 13.2. The van der Waals surface area contributed by atoms with E-state index in [2.05, 4.69) is 4.98 Å². The Morgan fingerprint density at radius 1 is 1.35 bits per heavy atom. The summed E-state index contributed by atoms with van der Waals surface area (Å²) in [6, 6.07) is 9.81. The average molecular weight is 330 g/mol. The quantitative estimate of drug-likeness (QED) is 0.723. The van der Waals surface area contributed by atoms with Gasteiger partial charge >= 0.3 is 0 Å². The van der Waals surface area contributed by atoms with Gasteiger partial charge in [0.1, 0.15) is 11.5 Å². The van der Waals surface area contributed by atoms with E-state index in [0.717, 1.165) is 10.4 Å². The van der Waals surface area contributed by atoms with E-state index in [0.29, 0.717) is 23.0 Å². The second-order valence-electron chi connectivity index (χ2n) is 5.19. The molecule has 6 heteroatoms. The SMILES string of the molecule is Cc1sc(-c2ccco2)nc1C(=O)N(C)Cc1cccc(F)c1. The standard InChI is InChI=1S/C17H15FN2O2S/c1-11-15(19-16(23-11)14-7-4-8-22-14)17(21)20(2)10-12-5-3-6-13(18)9-12/h3-9H,10H2,1-2H3. The van der Waals surface area contributed by atoms with Crippen LogP contribution >= 0.6 is 11.3 Å². The molecule has 0 bridgehead atoms. The first kappa shape index (κ1) is 15.4. The van der Waals surface area contributed by atoms with Crippen molar-refractivity contribution < 1.29 is 13.6 Å². The highest BCUT2D eigenvalue weighted by Crippen LogP contribution is 2.28. The Morgan fingerprint density at radius 3 is 2.87 bits per heavy atom. The second kappa shape index (κ2) is 6.34. The van der Waals surface area contributed by atoms with Gasteiger partial charge in [-0.25, -0.2) is 9.37 Å². The van der Waals surface area contributed by atoms with Crippen LogP contribution < -0.4 is 0 Å². The second-order valence-corrected chi connectivity index (χ2v) is 6.40. The number of aromatic nitrogens is 1. The maximum absolute atomic E-state index is 13.2. The maximum Gasteiger partial charge on any atom is 0.273 e. The summed E-state index contributed by atoms with van der Waals surface area (Å²) in [6.45, 7) is 2.18. The van der Waals surface area contributed by atoms with Crippen molar-refractivity contribution in [2.45, 2.75) is 13.5 Å². The third-order valence-corrected chi connectivity index (χ3v) is 4.37. The first-order valence-electron chi connectivity index (χ1n) is 7.06. The number of aryl methyl sites for hydroxylation is 1. The van der Waals surface area contributed by atoms with E-state index in [1.54, 1.807) is 31.5 Å². The molecule has 0 aliphatic carbocycles. The summed E-state index contributed by atoms with van der Waals surface area (Å²) in [5, 5.41) is 0.676. The molecule has 4 nitrogen and oxygen atoms in total. The van der Waals surface area contributed by atoms with Crippen molar-refractivity contribution in [3.05, 3.63) is 64.6 Å². The van der Waals surface area contributed by atoms with Crippen LogP contribution in [0.4, 0.5) is 4.39 Å². The van der Waals surface area contributed by atoms with Crippen molar-refractivity contribution in [1.82, 2.24) is 9.88 Å². The van der Waals surface area contributed by atoms with Gasteiger partial charge in [-0.05, 0) is 36.8 Å². The van der Waals surface area contributed by atoms with Crippen LogP contribution in [-0.2, 0) is 6.54 Å². The van der Waals surface area contributed by atoms with Crippen molar-refractivity contribution in [1.29, 1.82) is 0 Å². The van der Waals surface area contributed by atoms with Gasteiger partial charge in [0.05, 0.1) is 6.26 Å². The van der Waals surface area contributed by atoms with Crippen LogP contribution in [0, 0.1) is 12.7 Å². The van der Waals surface area contributed by atoms with Gasteiger partial charge in [0.2, 0.25) is 0 Å². The molecular weight excluding hydrogens is 315 g/mol. The van der Waals surface area contributed by atoms with Crippen LogP contribution in [0.15, 0.2) is 47.1 Å². The summed E-state index contributed by atoms with van der Waals surface area (Å²) in [5.41, 5.74) is 1.14. The Morgan fingerprint density at radius 2 is 2.17 bits per heavy atom. The van der Waals surface area contributed by atoms with Gasteiger partial charge < -0.3 is 9.32 Å². The molecule has 0 radical (unpaired) electrons. The molecule has 0 spiro atoms. The number of amides is 1. The molecule has 0 aliphatic heterocycles. The van der Waals surface area contributed by atoms with E-state index in [1.165, 1.54) is 28.4 Å². The number of nitrogens with zero attached hydrogens (tertiary/aromatic N) is 2. The summed E-state index contributed by atoms with van der Waals surface area (Å²) < 4.78 is 18.6. The van der Waals surface area contributed by atoms with Crippen LogP contribution in [0.1, 0.15) is 20.9 Å². The number of furan rings is 1. The molecule has 0 atom stereocenters. The molecule has 0 fully saturated rings. The highest BCUT2D eigenvalue weighted by molar-refractivity contribution is 7.15. The van der Waals surface area contributed by atoms with Gasteiger partial charge in [0, 0.05) is 18.5 Å². The lowest BCUT2D eigenvalue weighted by Crippen LogP contribution is -2.27. The average Bonchev–Trinajstić information content (AvgIpc) is 3.15. The Labute approximate surface area is 137 Å². The Balaban J connectivity index is 1.80. The fourth-order valence-electron chi connectivity index (χ4n) is 2.26. The molecule has 0 saturated carbocycles. The van der Waals surface area contributed by atoms with Crippen molar-refractivity contribution in [3.8, 4) is 10.8 Å². The molecule has 0 N–H and O–H groups in total. The number of thiazole rings is 1. The van der Waals surface area contributed by atoms with Crippen molar-refractivity contribution in [3.63, 3.8) is 0 Å². The fraction of sp³-hybridized carbons (Fsp3) is 0.176. The largest absolute Gasteiger partial charge is 0.462 e. The predicted octanol–water partition coefficient (Wildman–Crippen LogP) is 4.12. The zero-order chi connectivity index (χ0) is 16.4. The van der Waals surface area contributed by atoms with Gasteiger partial charge in [-0.15, -0.1) is 11.3 Å². The predicted molar refractivity (Wildman–Crippen MR) is 86.8 cm³/mol. The monoisotopic (exact) mass is 330 g/mol. The molecule has 0 unspecified atom stereocenters. The van der Waals surface area contributed by atoms with Crippen LogP contribution in [0.2, 0.25) is 0 Å². The number of benzene rings is 1. The van der Waals surface area contributed by atoms with Crippen LogP contribution in [0.25, 0.3) is 10.8 Å². The number of carbonyl (C=O) groups is 1. The highest BCUT2D eigenvalue weighted by atomic mass is 32.1. The molecular formula is C17H15FN2O2S. The Bertz CT molecular complexity index is 827. The molecule has 118 valence electrons. The van der Waals surface area contributed by atoms with E-state index in [1.807, 2.05) is 13.0 Å². The van der Waals surface area contributed by atoms with Crippen molar-refractivity contribution >= 4 is 17.2 Å². The van der Waals surface area contributed by atoms with Crippen LogP contribution in [0.5, 0.6) is 0 Å². The normalized spacial score (nSPS) is 10.7. The minimum Gasteiger partial charge on any atom is -0.462 e. The van der Waals surface area contributed by atoms with Gasteiger partial charge in [0.15, 0.2) is 10.8 Å². The molecule has 3 aromatic rings. The minimum atomic E-state index is -0.312. The van der Waals surface area contributed by atoms with Gasteiger partial charge in [-0.1, -0.05) is 12.1 Å². The van der Waals surface area contributed by atoms with E-state index >= 15 is 0 Å². The number of hydrogen-bond acceptors (Lipinski definition) is 4. The molecule has 0 saturated heterocycles. The first-order valence-corrected chi connectivity index (χ1v) is 7.87. The lowest BCUT2D eigenvalue weighted by molar-refractivity contribution is 0.0779. The molecule has 3 rings (SSSR count). The van der Waals surface area contributed by atoms with Crippen LogP contribution in [-0.4, -0.2) is 22.8 Å². The Hall–Kier alpha value is -2.47. The van der Waals surface area contributed by atoms with E-state index in [-0.39, 0.29) is 11.7 Å². The lowest BCUT2D eigenvalue weighted by Gasteiger charge is -2.16. The highest BCUT2D eigenvalue weighted by Gasteiger charge is 2.20. The summed E-state index contributed by atoms with van der Waals surface area (Å²) in [5.74, 6) is 0.138. The molecule has 2 heterocycles. The lowest BCUT2D eigenvalue weighted by atomic mass is 10.2. The van der Waals surface area contributed by atoms with Crippen molar-refractivity contribution in [2.75, 3.05) is 7.05 Å². The zero-order valence-electron chi connectivity index (χ0n) is 12.7. The number of halogens is 1. The summed E-state index contributed by atoms with van der Waals surface area (Å²) >= 11 is 1.41. The van der Waals surface area contributed by atoms with E-state index in [4.69, 9.17) is 4.42 Å². The Kier molecular flexibility index (Phi) is 4.25. The van der Waals surface area contributed by atoms with E-state index in [9.17, 15) is 9.18 Å². The first-order chi connectivity index (χ1) is 11.0. The van der Waals surface area contributed by atoms with Gasteiger partial charge in [-0.2, -0.15) is 0 Å². The van der Waals surface area contributed by atoms with Crippen molar-refractivity contribution in [2.24, 2.45) is 0 Å². The van der Waals surface area contributed by atoms with Gasteiger partial charge in [0.25, 0.3) is 5.91 Å². The minimum absolute atomic E-state index is 0.194. The number of rotatable bonds is 4. The summed E-state index contributed by atoms with van der Waals surface area (Å²) in [7, 11) is 1.68. The summed E-state index contributed by atoms with van der Waals surface area (Å²) in [4.78, 5) is 19.3. The molecule has 23 heavy (non-hydrogen) atoms. The smallest absolute Gasteiger partial charge is 0.273 e. The molecule has 1 amide bonds. The number of carbonyl (C=O) groups excluding carboxylic acids is 1. The number of hydrogen-bond donors (Lipinski definition) is 0. The zero-order valence-corrected chi connectivity index (χ0v) is 13.6. The topological polar surface area (TPSA) is 46.3 Å². The third-order valence-electron chi connectivity index (χ3n) is 3.39. The van der Waals surface area contributed by atoms with E-state index < -0.39 is 0 Å².